The minimum atomic E-state index is -4.78. The Balaban J connectivity index is 2.71. The molecule has 0 amide bonds. The Morgan fingerprint density at radius 2 is 2.05 bits per heavy atom. The second-order valence-electron chi connectivity index (χ2n) is 3.60. The fraction of sp³-hybridized carbons (Fsp3) is 0.0909. The van der Waals surface area contributed by atoms with Crippen LogP contribution in [0.15, 0.2) is 24.5 Å². The minimum Gasteiger partial charge on any atom is -0.505 e. The van der Waals surface area contributed by atoms with Crippen LogP contribution >= 0.6 is 11.6 Å². The second kappa shape index (κ2) is 4.48. The van der Waals surface area contributed by atoms with Crippen LogP contribution in [-0.4, -0.2) is 14.9 Å². The van der Waals surface area contributed by atoms with E-state index in [2.05, 4.69) is 5.10 Å². The van der Waals surface area contributed by atoms with Gasteiger partial charge in [-0.15, -0.1) is 0 Å². The molecule has 0 saturated heterocycles. The predicted molar refractivity (Wildman–Crippen MR) is 60.0 cm³/mol. The maximum Gasteiger partial charge on any atom is 0.420 e. The zero-order valence-electron chi connectivity index (χ0n) is 9.11. The summed E-state index contributed by atoms with van der Waals surface area (Å²) in [4.78, 5) is 0. The van der Waals surface area contributed by atoms with Gasteiger partial charge >= 0.3 is 6.18 Å². The first-order valence-corrected chi connectivity index (χ1v) is 5.25. The fourth-order valence-electron chi connectivity index (χ4n) is 1.51. The lowest BCUT2D eigenvalue weighted by atomic mass is 10.1. The molecule has 19 heavy (non-hydrogen) atoms. The van der Waals surface area contributed by atoms with Crippen molar-refractivity contribution in [1.82, 2.24) is 9.78 Å². The third-order valence-corrected chi connectivity index (χ3v) is 2.52. The van der Waals surface area contributed by atoms with Crippen molar-refractivity contribution in [3.05, 3.63) is 40.7 Å². The Kier molecular flexibility index (Phi) is 3.12. The van der Waals surface area contributed by atoms with Crippen molar-refractivity contribution in [3.63, 3.8) is 0 Å². The number of hydrogen-bond donors (Lipinski definition) is 1. The number of halogens is 4. The van der Waals surface area contributed by atoms with Crippen LogP contribution in [0.3, 0.4) is 0 Å². The fourth-order valence-corrected chi connectivity index (χ4v) is 1.64. The van der Waals surface area contributed by atoms with Gasteiger partial charge < -0.3 is 5.11 Å². The van der Waals surface area contributed by atoms with Crippen molar-refractivity contribution < 1.29 is 18.3 Å². The third-order valence-electron chi connectivity index (χ3n) is 2.32. The van der Waals surface area contributed by atoms with Gasteiger partial charge in [0.05, 0.1) is 22.9 Å². The van der Waals surface area contributed by atoms with Gasteiger partial charge in [0.25, 0.3) is 0 Å². The summed E-state index contributed by atoms with van der Waals surface area (Å²) in [6.07, 6.45) is -2.35. The molecule has 8 heteroatoms. The van der Waals surface area contributed by atoms with Gasteiger partial charge in [-0.05, 0) is 12.1 Å². The zero-order valence-corrected chi connectivity index (χ0v) is 9.87. The molecule has 0 atom stereocenters. The van der Waals surface area contributed by atoms with E-state index < -0.39 is 17.5 Å². The van der Waals surface area contributed by atoms with Crippen LogP contribution in [0.4, 0.5) is 13.2 Å². The summed E-state index contributed by atoms with van der Waals surface area (Å²) in [5, 5.41) is 22.3. The molecule has 0 aliphatic rings. The summed E-state index contributed by atoms with van der Waals surface area (Å²) < 4.78 is 39.2. The largest absolute Gasteiger partial charge is 0.505 e. The summed E-state index contributed by atoms with van der Waals surface area (Å²) in [6, 6.07) is 3.26. The highest BCUT2D eigenvalue weighted by atomic mass is 35.5. The van der Waals surface area contributed by atoms with Gasteiger partial charge in [-0.2, -0.15) is 23.5 Å². The molecule has 98 valence electrons. The summed E-state index contributed by atoms with van der Waals surface area (Å²) >= 11 is 5.61. The summed E-state index contributed by atoms with van der Waals surface area (Å²) in [6.45, 7) is 0. The normalized spacial score (nSPS) is 11.3. The molecule has 0 unspecified atom stereocenters. The van der Waals surface area contributed by atoms with Crippen LogP contribution in [0.2, 0.25) is 5.02 Å². The third kappa shape index (κ3) is 2.48. The van der Waals surface area contributed by atoms with E-state index >= 15 is 0 Å². The standard InChI is InChI=1S/C11H5ClF3N3O/c12-7-4-17-18(5-7)9-2-6(3-16)1-8(10(9)19)11(13,14)15/h1-2,4-5,19H. The minimum absolute atomic E-state index is 0.190. The molecular weight excluding hydrogens is 283 g/mol. The predicted octanol–water partition coefficient (Wildman–Crippen LogP) is 3.12. The first-order valence-electron chi connectivity index (χ1n) is 4.88. The zero-order chi connectivity index (χ0) is 14.2. The van der Waals surface area contributed by atoms with E-state index in [0.717, 1.165) is 10.7 Å². The molecule has 0 fully saturated rings. The van der Waals surface area contributed by atoms with E-state index in [4.69, 9.17) is 16.9 Å². The SMILES string of the molecule is N#Cc1cc(-n2cc(Cl)cn2)c(O)c(C(F)(F)F)c1. The number of aromatic nitrogens is 2. The maximum atomic E-state index is 12.7. The lowest BCUT2D eigenvalue weighted by Crippen LogP contribution is -2.08. The van der Waals surface area contributed by atoms with Crippen molar-refractivity contribution in [2.24, 2.45) is 0 Å². The number of phenols is 1. The van der Waals surface area contributed by atoms with Gasteiger partial charge in [0.1, 0.15) is 11.3 Å². The Morgan fingerprint density at radius 3 is 2.53 bits per heavy atom. The summed E-state index contributed by atoms with van der Waals surface area (Å²) in [7, 11) is 0. The second-order valence-corrected chi connectivity index (χ2v) is 4.04. The van der Waals surface area contributed by atoms with Crippen LogP contribution in [0.1, 0.15) is 11.1 Å². The highest BCUT2D eigenvalue weighted by Crippen LogP contribution is 2.39. The molecule has 0 saturated carbocycles. The Labute approximate surface area is 110 Å². The number of nitrogens with zero attached hydrogens (tertiary/aromatic N) is 3. The van der Waals surface area contributed by atoms with Crippen molar-refractivity contribution in [3.8, 4) is 17.5 Å². The quantitative estimate of drug-likeness (QED) is 0.876. The van der Waals surface area contributed by atoms with Crippen molar-refractivity contribution >= 4 is 11.6 Å². The molecule has 1 aromatic carbocycles. The molecule has 0 aliphatic carbocycles. The molecule has 0 spiro atoms. The Morgan fingerprint density at radius 1 is 1.37 bits per heavy atom. The van der Waals surface area contributed by atoms with Crippen molar-refractivity contribution in [2.45, 2.75) is 6.18 Å². The highest BCUT2D eigenvalue weighted by molar-refractivity contribution is 6.30. The number of nitriles is 1. The molecule has 4 nitrogen and oxygen atoms in total. The monoisotopic (exact) mass is 287 g/mol. The lowest BCUT2D eigenvalue weighted by molar-refractivity contribution is -0.138. The number of benzene rings is 1. The van der Waals surface area contributed by atoms with Crippen molar-refractivity contribution in [1.29, 1.82) is 5.26 Å². The summed E-state index contributed by atoms with van der Waals surface area (Å²) in [5.41, 5.74) is -1.81. The number of aromatic hydroxyl groups is 1. The molecule has 1 aromatic heterocycles. The molecule has 1 N–H and O–H groups in total. The molecule has 0 aliphatic heterocycles. The van der Waals surface area contributed by atoms with Crippen LogP contribution in [0, 0.1) is 11.3 Å². The van der Waals surface area contributed by atoms with Gasteiger partial charge in [0, 0.05) is 6.20 Å². The molecule has 2 rings (SSSR count). The molecule has 2 aromatic rings. The topological polar surface area (TPSA) is 61.8 Å². The molecule has 1 heterocycles. The number of hydrogen-bond acceptors (Lipinski definition) is 3. The van der Waals surface area contributed by atoms with E-state index in [9.17, 15) is 18.3 Å². The van der Waals surface area contributed by atoms with E-state index in [1.54, 1.807) is 6.07 Å². The average Bonchev–Trinajstić information content (AvgIpc) is 2.74. The Hall–Kier alpha value is -2.20. The molecule has 0 radical (unpaired) electrons. The van der Waals surface area contributed by atoms with Gasteiger partial charge in [0.2, 0.25) is 0 Å². The van der Waals surface area contributed by atoms with Crippen LogP contribution < -0.4 is 0 Å². The summed E-state index contributed by atoms with van der Waals surface area (Å²) in [5.74, 6) is -1.01. The first kappa shape index (κ1) is 13.2. The van der Waals surface area contributed by atoms with Gasteiger partial charge in [-0.25, -0.2) is 4.68 Å². The first-order chi connectivity index (χ1) is 8.82. The molecular formula is C11H5ClF3N3O. The van der Waals surface area contributed by atoms with Crippen LogP contribution in [0.5, 0.6) is 5.75 Å². The van der Waals surface area contributed by atoms with E-state index in [-0.39, 0.29) is 16.3 Å². The maximum absolute atomic E-state index is 12.7. The van der Waals surface area contributed by atoms with E-state index in [1.807, 2.05) is 0 Å². The van der Waals surface area contributed by atoms with Gasteiger partial charge in [0.15, 0.2) is 5.75 Å². The number of rotatable bonds is 1. The van der Waals surface area contributed by atoms with Gasteiger partial charge in [-0.1, -0.05) is 11.6 Å². The van der Waals surface area contributed by atoms with Crippen molar-refractivity contribution in [2.75, 3.05) is 0 Å². The number of alkyl halides is 3. The molecule has 0 bridgehead atoms. The highest BCUT2D eigenvalue weighted by Gasteiger charge is 2.35. The average molecular weight is 288 g/mol. The number of phenolic OH excluding ortho intramolecular Hbond substituents is 1. The Bertz CT molecular complexity index is 673. The lowest BCUT2D eigenvalue weighted by Gasteiger charge is -2.13. The van der Waals surface area contributed by atoms with Crippen LogP contribution in [0.25, 0.3) is 5.69 Å². The van der Waals surface area contributed by atoms with Crippen LogP contribution in [-0.2, 0) is 6.18 Å². The van der Waals surface area contributed by atoms with Gasteiger partial charge in [-0.3, -0.25) is 0 Å². The van der Waals surface area contributed by atoms with E-state index in [1.165, 1.54) is 12.4 Å². The smallest absolute Gasteiger partial charge is 0.420 e. The van der Waals surface area contributed by atoms with E-state index in [0.29, 0.717) is 6.07 Å².